The van der Waals surface area contributed by atoms with Crippen molar-refractivity contribution in [1.82, 2.24) is 4.90 Å². The minimum Gasteiger partial charge on any atom is -0.478 e. The van der Waals surface area contributed by atoms with Gasteiger partial charge >= 0.3 is 11.9 Å². The molecule has 0 unspecified atom stereocenters. The third kappa shape index (κ3) is 4.79. The Morgan fingerprint density at radius 2 is 1.88 bits per heavy atom. The van der Waals surface area contributed by atoms with Crippen LogP contribution in [0, 0.1) is 0 Å². The van der Waals surface area contributed by atoms with Gasteiger partial charge in [0.1, 0.15) is 11.5 Å². The van der Waals surface area contributed by atoms with E-state index in [-0.39, 0.29) is 11.5 Å². The van der Waals surface area contributed by atoms with Crippen molar-refractivity contribution < 1.29 is 28.6 Å². The fraction of sp³-hybridized carbons (Fsp3) is 0.120. The van der Waals surface area contributed by atoms with Crippen molar-refractivity contribution in [2.45, 2.75) is 6.92 Å². The summed E-state index contributed by atoms with van der Waals surface area (Å²) in [6, 6.07) is 16.5. The number of hydrogen-bond donors (Lipinski definition) is 1. The molecule has 0 spiro atoms. The number of benzene rings is 2. The molecule has 4 rings (SSSR count). The Morgan fingerprint density at radius 1 is 1.12 bits per heavy atom. The minimum absolute atomic E-state index is 0.165. The maximum Gasteiger partial charge on any atom is 0.337 e. The van der Waals surface area contributed by atoms with Crippen LogP contribution in [0.1, 0.15) is 33.4 Å². The lowest BCUT2D eigenvalue weighted by Gasteiger charge is -2.11. The Hall–Kier alpha value is -4.11. The molecule has 2 aromatic carbocycles. The van der Waals surface area contributed by atoms with E-state index in [1.165, 1.54) is 31.0 Å². The molecule has 34 heavy (non-hydrogen) atoms. The number of methoxy groups -OCH3 is 1. The molecule has 172 valence electrons. The summed E-state index contributed by atoms with van der Waals surface area (Å²) in [6.45, 7) is 2.28. The topological polar surface area (TPSA) is 109 Å². The van der Waals surface area contributed by atoms with Crippen LogP contribution in [0.2, 0.25) is 0 Å². The van der Waals surface area contributed by atoms with Crippen molar-refractivity contribution >= 4 is 46.5 Å². The first kappa shape index (κ1) is 23.1. The number of aromatic carboxylic acids is 1. The van der Waals surface area contributed by atoms with Gasteiger partial charge in [-0.2, -0.15) is 0 Å². The molecule has 2 heterocycles. The number of amides is 1. The second kappa shape index (κ2) is 9.80. The maximum atomic E-state index is 12.9. The van der Waals surface area contributed by atoms with Crippen molar-refractivity contribution in [3.63, 3.8) is 0 Å². The molecule has 1 fully saturated rings. The minimum atomic E-state index is -1.01. The highest BCUT2D eigenvalue weighted by atomic mass is 32.2. The lowest BCUT2D eigenvalue weighted by Crippen LogP contribution is -2.28. The smallest absolute Gasteiger partial charge is 0.337 e. The first-order valence-corrected chi connectivity index (χ1v) is 11.1. The summed E-state index contributed by atoms with van der Waals surface area (Å²) in [6.07, 6.45) is 1.65. The van der Waals surface area contributed by atoms with Gasteiger partial charge in [0.2, 0.25) is 0 Å². The zero-order valence-electron chi connectivity index (χ0n) is 18.3. The number of carboxylic acids is 1. The van der Waals surface area contributed by atoms with Gasteiger partial charge in [0.05, 0.1) is 28.8 Å². The van der Waals surface area contributed by atoms with Crippen molar-refractivity contribution in [2.75, 3.05) is 13.7 Å². The molecule has 0 saturated carbocycles. The summed E-state index contributed by atoms with van der Waals surface area (Å²) in [4.78, 5) is 42.2. The number of esters is 1. The monoisotopic (exact) mass is 476 g/mol. The number of carbonyl (C=O) groups is 3. The summed E-state index contributed by atoms with van der Waals surface area (Å²) in [7, 11) is 1.32. The second-order valence-corrected chi connectivity index (χ2v) is 8.19. The summed E-state index contributed by atoms with van der Waals surface area (Å²) >= 11 is 1.22. The van der Waals surface area contributed by atoms with Gasteiger partial charge in [-0.3, -0.25) is 9.69 Å². The molecule has 1 aliphatic rings. The Labute approximate surface area is 199 Å². The van der Waals surface area contributed by atoms with E-state index in [1.807, 2.05) is 13.0 Å². The van der Waals surface area contributed by atoms with E-state index in [1.54, 1.807) is 53.4 Å². The number of amidine groups is 1. The van der Waals surface area contributed by atoms with E-state index in [9.17, 15) is 14.4 Å². The lowest BCUT2D eigenvalue weighted by atomic mass is 10.1. The summed E-state index contributed by atoms with van der Waals surface area (Å²) in [5, 5.41) is 9.54. The van der Waals surface area contributed by atoms with Crippen LogP contribution >= 0.6 is 11.8 Å². The predicted molar refractivity (Wildman–Crippen MR) is 129 cm³/mol. The molecule has 3 aromatic rings. The highest BCUT2D eigenvalue weighted by Gasteiger charge is 2.32. The maximum absolute atomic E-state index is 12.9. The average Bonchev–Trinajstić information content (AvgIpc) is 3.43. The Morgan fingerprint density at radius 3 is 2.56 bits per heavy atom. The Kier molecular flexibility index (Phi) is 6.65. The number of carbonyl (C=O) groups excluding carboxylic acids is 2. The summed E-state index contributed by atoms with van der Waals surface area (Å²) < 4.78 is 10.7. The molecule has 1 aliphatic heterocycles. The van der Waals surface area contributed by atoms with E-state index < -0.39 is 11.9 Å². The summed E-state index contributed by atoms with van der Waals surface area (Å²) in [5.41, 5.74) is 1.83. The van der Waals surface area contributed by atoms with Crippen LogP contribution in [-0.2, 0) is 9.53 Å². The molecule has 0 radical (unpaired) electrons. The molecule has 0 atom stereocenters. The fourth-order valence-corrected chi connectivity index (χ4v) is 4.33. The number of aliphatic imine (C=N–C) groups is 1. The zero-order chi connectivity index (χ0) is 24.2. The van der Waals surface area contributed by atoms with Crippen LogP contribution in [0.4, 0.5) is 5.69 Å². The van der Waals surface area contributed by atoms with Gasteiger partial charge < -0.3 is 14.3 Å². The van der Waals surface area contributed by atoms with Gasteiger partial charge in [-0.05, 0) is 67.2 Å². The molecule has 0 aliphatic carbocycles. The van der Waals surface area contributed by atoms with Crippen molar-refractivity contribution in [3.8, 4) is 11.3 Å². The van der Waals surface area contributed by atoms with Gasteiger partial charge in [-0.1, -0.05) is 12.1 Å². The Bertz CT molecular complexity index is 1320. The molecule has 9 heteroatoms. The van der Waals surface area contributed by atoms with E-state index in [0.29, 0.717) is 45.0 Å². The van der Waals surface area contributed by atoms with Gasteiger partial charge in [-0.15, -0.1) is 0 Å². The van der Waals surface area contributed by atoms with Gasteiger partial charge in [0.25, 0.3) is 5.91 Å². The quantitative estimate of drug-likeness (QED) is 0.391. The number of rotatable bonds is 6. The van der Waals surface area contributed by atoms with Crippen molar-refractivity contribution in [3.05, 3.63) is 82.5 Å². The van der Waals surface area contributed by atoms with Crippen LogP contribution in [0.25, 0.3) is 17.4 Å². The number of furan rings is 1. The second-order valence-electron chi connectivity index (χ2n) is 7.18. The van der Waals surface area contributed by atoms with Gasteiger partial charge in [-0.25, -0.2) is 14.6 Å². The number of ether oxygens (including phenoxy) is 1. The van der Waals surface area contributed by atoms with E-state index in [4.69, 9.17) is 14.3 Å². The summed E-state index contributed by atoms with van der Waals surface area (Å²) in [5.74, 6) is -0.614. The molecule has 8 nitrogen and oxygen atoms in total. The molecule has 1 aromatic heterocycles. The standard InChI is InChI=1S/C25H20N2O6S/c1-3-27-22(28)21(34-25(27)26-18-9-7-15(8-10-18)23(29)30)14-19-11-12-20(33-19)16-5-4-6-17(13-16)24(31)32-2/h4-14H,3H2,1-2H3,(H,29,30). The first-order valence-electron chi connectivity index (χ1n) is 10.3. The van der Waals surface area contributed by atoms with Crippen molar-refractivity contribution in [2.24, 2.45) is 4.99 Å². The van der Waals surface area contributed by atoms with E-state index >= 15 is 0 Å². The van der Waals surface area contributed by atoms with Crippen LogP contribution in [0.5, 0.6) is 0 Å². The first-order chi connectivity index (χ1) is 16.4. The highest BCUT2D eigenvalue weighted by Crippen LogP contribution is 2.35. The molecular formula is C25H20N2O6S. The van der Waals surface area contributed by atoms with Crippen LogP contribution in [0.3, 0.4) is 0 Å². The third-order valence-corrected chi connectivity index (χ3v) is 6.02. The van der Waals surface area contributed by atoms with Gasteiger partial charge in [0, 0.05) is 18.2 Å². The number of thioether (sulfide) groups is 1. The number of likely N-dealkylation sites (N-methyl/N-ethyl adjacent to an activating group) is 1. The molecule has 1 amide bonds. The van der Waals surface area contributed by atoms with E-state index in [0.717, 1.165) is 0 Å². The van der Waals surface area contributed by atoms with Crippen molar-refractivity contribution in [1.29, 1.82) is 0 Å². The van der Waals surface area contributed by atoms with E-state index in [2.05, 4.69) is 4.99 Å². The number of carboxylic acid groups (broad SMARTS) is 1. The lowest BCUT2D eigenvalue weighted by molar-refractivity contribution is -0.122. The normalized spacial score (nSPS) is 15.8. The zero-order valence-corrected chi connectivity index (χ0v) is 19.2. The molecule has 1 N–H and O–H groups in total. The van der Waals surface area contributed by atoms with Crippen LogP contribution in [0.15, 0.2) is 75.0 Å². The molecular weight excluding hydrogens is 456 g/mol. The van der Waals surface area contributed by atoms with Crippen LogP contribution < -0.4 is 0 Å². The molecule has 0 bridgehead atoms. The third-order valence-electron chi connectivity index (χ3n) is 5.01. The highest BCUT2D eigenvalue weighted by molar-refractivity contribution is 8.18. The number of nitrogens with zero attached hydrogens (tertiary/aromatic N) is 2. The van der Waals surface area contributed by atoms with Crippen LogP contribution in [-0.4, -0.2) is 46.7 Å². The number of hydrogen-bond acceptors (Lipinski definition) is 7. The largest absolute Gasteiger partial charge is 0.478 e. The molecule has 1 saturated heterocycles. The van der Waals surface area contributed by atoms with Gasteiger partial charge in [0.15, 0.2) is 5.17 Å². The Balaban J connectivity index is 1.58. The SMILES string of the molecule is CCN1C(=O)C(=Cc2ccc(-c3cccc(C(=O)OC)c3)o2)SC1=Nc1ccc(C(=O)O)cc1. The fourth-order valence-electron chi connectivity index (χ4n) is 3.29. The predicted octanol–water partition coefficient (Wildman–Crippen LogP) is 5.06. The average molecular weight is 477 g/mol.